The van der Waals surface area contributed by atoms with Crippen LogP contribution in [0.4, 0.5) is 10.5 Å². The third-order valence-corrected chi connectivity index (χ3v) is 4.04. The van der Waals surface area contributed by atoms with Gasteiger partial charge < -0.3 is 15.7 Å². The van der Waals surface area contributed by atoms with E-state index in [1.54, 1.807) is 17.4 Å². The van der Waals surface area contributed by atoms with Gasteiger partial charge in [-0.05, 0) is 53.4 Å². The van der Waals surface area contributed by atoms with Crippen LogP contribution in [-0.2, 0) is 6.54 Å². The lowest BCUT2D eigenvalue weighted by Crippen LogP contribution is -2.28. The van der Waals surface area contributed by atoms with Crippen molar-refractivity contribution in [2.45, 2.75) is 20.4 Å². The fourth-order valence-electron chi connectivity index (χ4n) is 1.80. The van der Waals surface area contributed by atoms with Crippen molar-refractivity contribution >= 4 is 29.0 Å². The van der Waals surface area contributed by atoms with Crippen LogP contribution in [0.15, 0.2) is 29.0 Å². The van der Waals surface area contributed by atoms with E-state index in [1.165, 1.54) is 12.1 Å². The second kappa shape index (κ2) is 6.41. The molecule has 0 aliphatic heterocycles. The molecule has 5 nitrogen and oxygen atoms in total. The average molecular weight is 304 g/mol. The van der Waals surface area contributed by atoms with Crippen LogP contribution in [0, 0.1) is 13.8 Å². The predicted octanol–water partition coefficient (Wildman–Crippen LogP) is 3.38. The zero-order valence-corrected chi connectivity index (χ0v) is 12.6. The van der Waals surface area contributed by atoms with Crippen molar-refractivity contribution in [2.75, 3.05) is 5.32 Å². The van der Waals surface area contributed by atoms with E-state index >= 15 is 0 Å². The number of aromatic carboxylic acids is 1. The molecule has 110 valence electrons. The Morgan fingerprint density at radius 1 is 1.19 bits per heavy atom. The number of carboxylic acid groups (broad SMARTS) is 1. The molecule has 0 aliphatic rings. The molecule has 2 amide bonds. The molecule has 1 aromatic carbocycles. The first-order valence-electron chi connectivity index (χ1n) is 6.38. The smallest absolute Gasteiger partial charge is 0.335 e. The van der Waals surface area contributed by atoms with Crippen molar-refractivity contribution in [2.24, 2.45) is 0 Å². The van der Waals surface area contributed by atoms with E-state index in [1.807, 2.05) is 24.6 Å². The maximum Gasteiger partial charge on any atom is 0.335 e. The van der Waals surface area contributed by atoms with Gasteiger partial charge in [-0.25, -0.2) is 9.59 Å². The molecule has 2 rings (SSSR count). The molecule has 0 aliphatic carbocycles. The summed E-state index contributed by atoms with van der Waals surface area (Å²) in [7, 11) is 0. The number of carboxylic acids is 1. The van der Waals surface area contributed by atoms with E-state index in [4.69, 9.17) is 5.11 Å². The van der Waals surface area contributed by atoms with Crippen LogP contribution in [0.3, 0.4) is 0 Å². The Morgan fingerprint density at radius 3 is 2.57 bits per heavy atom. The van der Waals surface area contributed by atoms with Gasteiger partial charge in [0.1, 0.15) is 0 Å². The summed E-state index contributed by atoms with van der Waals surface area (Å²) in [5.41, 5.74) is 3.66. The van der Waals surface area contributed by atoms with Crippen LogP contribution in [0.2, 0.25) is 0 Å². The Labute approximate surface area is 126 Å². The summed E-state index contributed by atoms with van der Waals surface area (Å²) in [5, 5.41) is 18.4. The average Bonchev–Trinajstić information content (AvgIpc) is 2.84. The third kappa shape index (κ3) is 3.82. The molecule has 2 aromatic rings. The van der Waals surface area contributed by atoms with Gasteiger partial charge in [-0.15, -0.1) is 0 Å². The second-order valence-electron chi connectivity index (χ2n) is 4.72. The first-order chi connectivity index (χ1) is 9.97. The van der Waals surface area contributed by atoms with Gasteiger partial charge in [0.25, 0.3) is 0 Å². The van der Waals surface area contributed by atoms with Crippen LogP contribution in [-0.4, -0.2) is 17.1 Å². The van der Waals surface area contributed by atoms with Crippen LogP contribution < -0.4 is 10.6 Å². The van der Waals surface area contributed by atoms with Crippen molar-refractivity contribution in [1.82, 2.24) is 5.32 Å². The molecule has 0 fully saturated rings. The van der Waals surface area contributed by atoms with Crippen LogP contribution >= 0.6 is 11.3 Å². The molecule has 0 spiro atoms. The van der Waals surface area contributed by atoms with Crippen molar-refractivity contribution in [3.05, 3.63) is 51.2 Å². The lowest BCUT2D eigenvalue weighted by molar-refractivity contribution is 0.0697. The Balaban J connectivity index is 2.01. The second-order valence-corrected chi connectivity index (χ2v) is 5.47. The van der Waals surface area contributed by atoms with Crippen molar-refractivity contribution in [3.63, 3.8) is 0 Å². The highest BCUT2D eigenvalue weighted by Crippen LogP contribution is 2.17. The molecule has 3 N–H and O–H groups in total. The molecule has 6 heteroatoms. The van der Waals surface area contributed by atoms with Gasteiger partial charge in [0.15, 0.2) is 0 Å². The standard InChI is InChI=1S/C15H16N2O3S/c1-9-3-4-11(14(18)19)5-13(9)17-15(20)16-6-12-8-21-7-10(12)2/h3-5,7-8H,6H2,1-2H3,(H,18,19)(H2,16,17,20). The van der Waals surface area contributed by atoms with E-state index in [2.05, 4.69) is 10.6 Å². The first kappa shape index (κ1) is 15.1. The summed E-state index contributed by atoms with van der Waals surface area (Å²) in [6.07, 6.45) is 0. The molecule has 0 radical (unpaired) electrons. The van der Waals surface area contributed by atoms with Crippen LogP contribution in [0.1, 0.15) is 27.0 Å². The zero-order valence-electron chi connectivity index (χ0n) is 11.8. The van der Waals surface area contributed by atoms with Gasteiger partial charge in [-0.1, -0.05) is 6.07 Å². The fourth-order valence-corrected chi connectivity index (χ4v) is 2.66. The van der Waals surface area contributed by atoms with E-state index in [0.29, 0.717) is 12.2 Å². The minimum atomic E-state index is -1.02. The Kier molecular flexibility index (Phi) is 4.59. The minimum Gasteiger partial charge on any atom is -0.478 e. The number of carbonyl (C=O) groups is 2. The Hall–Kier alpha value is -2.34. The lowest BCUT2D eigenvalue weighted by atomic mass is 10.1. The lowest BCUT2D eigenvalue weighted by Gasteiger charge is -2.10. The fraction of sp³-hybridized carbons (Fsp3) is 0.200. The van der Waals surface area contributed by atoms with Crippen LogP contribution in [0.5, 0.6) is 0 Å². The number of anilines is 1. The van der Waals surface area contributed by atoms with E-state index in [9.17, 15) is 9.59 Å². The van der Waals surface area contributed by atoms with Crippen molar-refractivity contribution in [1.29, 1.82) is 0 Å². The number of urea groups is 1. The number of hydrogen-bond acceptors (Lipinski definition) is 3. The highest BCUT2D eigenvalue weighted by molar-refractivity contribution is 7.08. The number of hydrogen-bond donors (Lipinski definition) is 3. The SMILES string of the molecule is Cc1cscc1CNC(=O)Nc1cc(C(=O)O)ccc1C. The molecular weight excluding hydrogens is 288 g/mol. The summed E-state index contributed by atoms with van der Waals surface area (Å²) >= 11 is 1.59. The largest absolute Gasteiger partial charge is 0.478 e. The molecule has 0 saturated carbocycles. The van der Waals surface area contributed by atoms with E-state index in [0.717, 1.165) is 16.7 Å². The summed E-state index contributed by atoms with van der Waals surface area (Å²) in [6.45, 7) is 4.25. The number of aryl methyl sites for hydroxylation is 2. The van der Waals surface area contributed by atoms with Crippen LogP contribution in [0.25, 0.3) is 0 Å². The highest BCUT2D eigenvalue weighted by atomic mass is 32.1. The summed E-state index contributed by atoms with van der Waals surface area (Å²) < 4.78 is 0. The number of thiophene rings is 1. The maximum absolute atomic E-state index is 11.9. The van der Waals surface area contributed by atoms with Gasteiger partial charge in [0, 0.05) is 12.2 Å². The Morgan fingerprint density at radius 2 is 1.95 bits per heavy atom. The van der Waals surface area contributed by atoms with E-state index in [-0.39, 0.29) is 11.6 Å². The number of rotatable bonds is 4. The summed E-state index contributed by atoms with van der Waals surface area (Å²) in [4.78, 5) is 22.8. The summed E-state index contributed by atoms with van der Waals surface area (Å²) in [6, 6.07) is 4.27. The predicted molar refractivity (Wildman–Crippen MR) is 83.1 cm³/mol. The Bertz CT molecular complexity index is 679. The molecule has 0 saturated heterocycles. The number of nitrogens with one attached hydrogen (secondary N) is 2. The van der Waals surface area contributed by atoms with Gasteiger partial charge in [-0.2, -0.15) is 11.3 Å². The number of carbonyl (C=O) groups excluding carboxylic acids is 1. The van der Waals surface area contributed by atoms with Gasteiger partial charge in [0.05, 0.1) is 5.56 Å². The van der Waals surface area contributed by atoms with Gasteiger partial charge >= 0.3 is 12.0 Å². The topological polar surface area (TPSA) is 78.4 Å². The molecule has 0 atom stereocenters. The van der Waals surface area contributed by atoms with Crippen molar-refractivity contribution in [3.8, 4) is 0 Å². The molecule has 21 heavy (non-hydrogen) atoms. The number of amides is 2. The minimum absolute atomic E-state index is 0.143. The third-order valence-electron chi connectivity index (χ3n) is 3.13. The van der Waals surface area contributed by atoms with Gasteiger partial charge in [0.2, 0.25) is 0 Å². The molecular formula is C15H16N2O3S. The number of benzene rings is 1. The first-order valence-corrected chi connectivity index (χ1v) is 7.32. The summed E-state index contributed by atoms with van der Waals surface area (Å²) in [5.74, 6) is -1.02. The monoisotopic (exact) mass is 304 g/mol. The molecule has 0 unspecified atom stereocenters. The molecule has 0 bridgehead atoms. The normalized spacial score (nSPS) is 10.2. The van der Waals surface area contributed by atoms with Gasteiger partial charge in [-0.3, -0.25) is 0 Å². The van der Waals surface area contributed by atoms with Crippen molar-refractivity contribution < 1.29 is 14.7 Å². The zero-order chi connectivity index (χ0) is 15.4. The molecule has 1 heterocycles. The molecule has 1 aromatic heterocycles. The maximum atomic E-state index is 11.9. The van der Waals surface area contributed by atoms with E-state index < -0.39 is 5.97 Å². The quantitative estimate of drug-likeness (QED) is 0.810. The highest BCUT2D eigenvalue weighted by Gasteiger charge is 2.09.